The number of nitrogens with zero attached hydrogens (tertiary/aromatic N) is 2. The Morgan fingerprint density at radius 3 is 1.87 bits per heavy atom. The van der Waals surface area contributed by atoms with Crippen LogP contribution in [-0.2, 0) is 36.1 Å². The zero-order chi connectivity index (χ0) is 28.4. The smallest absolute Gasteiger partial charge is 0.339 e. The van der Waals surface area contributed by atoms with Gasteiger partial charge in [-0.15, -0.1) is 0 Å². The van der Waals surface area contributed by atoms with Crippen molar-refractivity contribution in [3.63, 3.8) is 0 Å². The van der Waals surface area contributed by atoms with E-state index < -0.39 is 26.0 Å². The number of sulfonamides is 2. The van der Waals surface area contributed by atoms with Crippen LogP contribution in [0.5, 0.6) is 0 Å². The molecule has 1 aliphatic heterocycles. The molecule has 4 rings (SSSR count). The van der Waals surface area contributed by atoms with Gasteiger partial charge in [0.15, 0.2) is 0 Å². The number of hydrogen-bond donors (Lipinski definition) is 0. The maximum absolute atomic E-state index is 14.0. The fraction of sp³-hybridized carbons (Fsp3) is 0.207. The maximum Gasteiger partial charge on any atom is 0.339 e. The second-order valence-electron chi connectivity index (χ2n) is 9.09. The number of benzene rings is 3. The highest BCUT2D eigenvalue weighted by Gasteiger charge is 2.35. The molecule has 0 N–H and O–H groups in total. The Morgan fingerprint density at radius 1 is 0.821 bits per heavy atom. The van der Waals surface area contributed by atoms with E-state index in [4.69, 9.17) is 4.74 Å². The van der Waals surface area contributed by atoms with Crippen molar-refractivity contribution < 1.29 is 26.4 Å². The summed E-state index contributed by atoms with van der Waals surface area (Å²) in [6.45, 7) is 8.75. The molecular weight excluding hydrogens is 536 g/mol. The third-order valence-corrected chi connectivity index (χ3v) is 9.91. The number of carbonyl (C=O) groups excluding carboxylic acids is 1. The molecule has 0 saturated carbocycles. The summed E-state index contributed by atoms with van der Waals surface area (Å²) in [6.07, 6.45) is 1.40. The Morgan fingerprint density at radius 2 is 1.33 bits per heavy atom. The number of esters is 1. The molecule has 0 radical (unpaired) electrons. The minimum Gasteiger partial charge on any atom is -0.462 e. The zero-order valence-electron chi connectivity index (χ0n) is 22.0. The van der Waals surface area contributed by atoms with Gasteiger partial charge >= 0.3 is 5.97 Å². The van der Waals surface area contributed by atoms with Crippen LogP contribution in [0.2, 0.25) is 0 Å². The van der Waals surface area contributed by atoms with Gasteiger partial charge in [-0.05, 0) is 62.7 Å². The van der Waals surface area contributed by atoms with Crippen LogP contribution < -0.4 is 4.31 Å². The van der Waals surface area contributed by atoms with Crippen molar-refractivity contribution in [3.8, 4) is 0 Å². The Kier molecular flexibility index (Phi) is 7.99. The van der Waals surface area contributed by atoms with E-state index in [0.717, 1.165) is 15.4 Å². The van der Waals surface area contributed by atoms with E-state index in [0.29, 0.717) is 11.3 Å². The van der Waals surface area contributed by atoms with Crippen LogP contribution in [0.1, 0.15) is 23.6 Å². The molecule has 1 aliphatic rings. The van der Waals surface area contributed by atoms with Crippen molar-refractivity contribution >= 4 is 31.7 Å². The Labute approximate surface area is 229 Å². The first kappa shape index (κ1) is 28.1. The molecule has 0 aromatic heterocycles. The lowest BCUT2D eigenvalue weighted by atomic mass is 10.1. The zero-order valence-corrected chi connectivity index (χ0v) is 23.6. The summed E-state index contributed by atoms with van der Waals surface area (Å²) in [5.41, 5.74) is 2.32. The molecule has 204 valence electrons. The topological polar surface area (TPSA) is 101 Å². The first-order valence-electron chi connectivity index (χ1n) is 12.3. The summed E-state index contributed by atoms with van der Waals surface area (Å²) >= 11 is 0. The van der Waals surface area contributed by atoms with Gasteiger partial charge < -0.3 is 4.74 Å². The van der Waals surface area contributed by atoms with Crippen LogP contribution in [0.25, 0.3) is 0 Å². The molecule has 0 bridgehead atoms. The molecule has 0 saturated heterocycles. The number of ether oxygens (including phenoxy) is 1. The van der Waals surface area contributed by atoms with E-state index in [1.165, 1.54) is 34.6 Å². The number of rotatable bonds is 7. The number of carbonyl (C=O) groups is 1. The SMILES string of the molecule is C=C(C(=O)OCC)/C1=C/CN(S(=O)(=O)c2ccc(C)cc2)c2ccccc2CN1S(=O)(=O)c1ccc(C)cc1. The van der Waals surface area contributed by atoms with Gasteiger partial charge in [-0.25, -0.2) is 21.6 Å². The molecule has 39 heavy (non-hydrogen) atoms. The first-order chi connectivity index (χ1) is 18.5. The highest BCUT2D eigenvalue weighted by atomic mass is 32.2. The van der Waals surface area contributed by atoms with Crippen LogP contribution in [-0.4, -0.2) is 40.3 Å². The third kappa shape index (κ3) is 5.62. The van der Waals surface area contributed by atoms with E-state index in [1.54, 1.807) is 55.5 Å². The highest BCUT2D eigenvalue weighted by molar-refractivity contribution is 7.92. The van der Waals surface area contributed by atoms with Crippen LogP contribution in [0.4, 0.5) is 5.69 Å². The quantitative estimate of drug-likeness (QED) is 0.303. The molecule has 3 aromatic carbocycles. The van der Waals surface area contributed by atoms with Crippen LogP contribution in [0.15, 0.2) is 107 Å². The van der Waals surface area contributed by atoms with Crippen molar-refractivity contribution in [3.05, 3.63) is 113 Å². The molecule has 1 heterocycles. The number of hydrogen-bond acceptors (Lipinski definition) is 6. The molecule has 0 aliphatic carbocycles. The molecule has 3 aromatic rings. The standard InChI is InChI=1S/C29H30N2O6S2/c1-5-37-29(32)23(4)27-18-19-30(38(33,34)25-14-10-21(2)11-15-25)28-9-7-6-8-24(28)20-31(27)39(35,36)26-16-12-22(3)13-17-26/h6-18H,4-5,19-20H2,1-3H3/b27-18-. The normalized spacial score (nSPS) is 15.4. The fourth-order valence-electron chi connectivity index (χ4n) is 4.21. The highest BCUT2D eigenvalue weighted by Crippen LogP contribution is 2.35. The molecule has 0 fully saturated rings. The predicted molar refractivity (Wildman–Crippen MR) is 150 cm³/mol. The number of para-hydroxylation sites is 1. The number of anilines is 1. The monoisotopic (exact) mass is 566 g/mol. The van der Waals surface area contributed by atoms with Crippen molar-refractivity contribution in [2.45, 2.75) is 37.1 Å². The number of fused-ring (bicyclic) bond motifs is 1. The van der Waals surface area contributed by atoms with Gasteiger partial charge in [0.2, 0.25) is 0 Å². The van der Waals surface area contributed by atoms with Gasteiger partial charge in [0.1, 0.15) is 0 Å². The summed E-state index contributed by atoms with van der Waals surface area (Å²) in [5.74, 6) is -0.797. The Bertz CT molecular complexity index is 1640. The van der Waals surface area contributed by atoms with Crippen molar-refractivity contribution in [1.29, 1.82) is 0 Å². The minimum atomic E-state index is -4.19. The summed E-state index contributed by atoms with van der Waals surface area (Å²) < 4.78 is 63.0. The minimum absolute atomic E-state index is 0.0258. The van der Waals surface area contributed by atoms with E-state index >= 15 is 0 Å². The largest absolute Gasteiger partial charge is 0.462 e. The van der Waals surface area contributed by atoms with Crippen molar-refractivity contribution in [2.24, 2.45) is 0 Å². The van der Waals surface area contributed by atoms with Crippen LogP contribution >= 0.6 is 0 Å². The van der Waals surface area contributed by atoms with Gasteiger partial charge in [0.05, 0.1) is 46.4 Å². The summed E-state index contributed by atoms with van der Waals surface area (Å²) in [7, 11) is -8.23. The van der Waals surface area contributed by atoms with Gasteiger partial charge in [-0.1, -0.05) is 60.2 Å². The average Bonchev–Trinajstić information content (AvgIpc) is 2.89. The molecule has 0 atom stereocenters. The first-order valence-corrected chi connectivity index (χ1v) is 15.2. The lowest BCUT2D eigenvalue weighted by Crippen LogP contribution is -2.38. The maximum atomic E-state index is 14.0. The molecule has 0 unspecified atom stereocenters. The number of aryl methyl sites for hydroxylation is 2. The summed E-state index contributed by atoms with van der Waals surface area (Å²) in [5, 5.41) is 0. The second kappa shape index (κ2) is 11.1. The van der Waals surface area contributed by atoms with Gasteiger partial charge in [0.25, 0.3) is 20.0 Å². The molecule has 0 spiro atoms. The van der Waals surface area contributed by atoms with E-state index in [1.807, 2.05) is 13.8 Å². The molecule has 8 nitrogen and oxygen atoms in total. The lowest BCUT2D eigenvalue weighted by Gasteiger charge is -2.34. The van der Waals surface area contributed by atoms with Crippen LogP contribution in [0, 0.1) is 13.8 Å². The van der Waals surface area contributed by atoms with E-state index in [-0.39, 0.29) is 40.8 Å². The van der Waals surface area contributed by atoms with E-state index in [9.17, 15) is 21.6 Å². The second-order valence-corrected chi connectivity index (χ2v) is 12.8. The average molecular weight is 567 g/mol. The Balaban J connectivity index is 1.91. The summed E-state index contributed by atoms with van der Waals surface area (Å²) in [6, 6.07) is 19.5. The fourth-order valence-corrected chi connectivity index (χ4v) is 7.14. The van der Waals surface area contributed by atoms with Gasteiger partial charge in [-0.3, -0.25) is 8.61 Å². The predicted octanol–water partition coefficient (Wildman–Crippen LogP) is 4.71. The summed E-state index contributed by atoms with van der Waals surface area (Å²) in [4.78, 5) is 12.9. The molecular formula is C29H30N2O6S2. The van der Waals surface area contributed by atoms with Gasteiger partial charge in [-0.2, -0.15) is 0 Å². The van der Waals surface area contributed by atoms with E-state index in [2.05, 4.69) is 6.58 Å². The van der Waals surface area contributed by atoms with Crippen molar-refractivity contribution in [1.82, 2.24) is 4.31 Å². The van der Waals surface area contributed by atoms with Crippen molar-refractivity contribution in [2.75, 3.05) is 17.5 Å². The van der Waals surface area contributed by atoms with Gasteiger partial charge in [0, 0.05) is 0 Å². The lowest BCUT2D eigenvalue weighted by molar-refractivity contribution is -0.138. The third-order valence-electron chi connectivity index (χ3n) is 6.34. The molecule has 10 heteroatoms. The molecule has 0 amide bonds. The Hall–Kier alpha value is -3.89. The van der Waals surface area contributed by atoms with Crippen LogP contribution in [0.3, 0.4) is 0 Å².